The summed E-state index contributed by atoms with van der Waals surface area (Å²) >= 11 is 0. The first-order valence-electron chi connectivity index (χ1n) is 6.91. The Morgan fingerprint density at radius 3 is 2.17 bits per heavy atom. The van der Waals surface area contributed by atoms with Crippen LogP contribution >= 0.6 is 0 Å². The van der Waals surface area contributed by atoms with Crippen molar-refractivity contribution in [2.75, 3.05) is 33.0 Å². The van der Waals surface area contributed by atoms with Crippen molar-refractivity contribution >= 4 is 0 Å². The van der Waals surface area contributed by atoms with E-state index in [1.54, 1.807) is 0 Å². The number of hydrogen-bond donors (Lipinski definition) is 2. The molecule has 4 heteroatoms. The van der Waals surface area contributed by atoms with Gasteiger partial charge >= 0.3 is 0 Å². The maximum Gasteiger partial charge on any atom is 0.0897 e. The lowest BCUT2D eigenvalue weighted by Crippen LogP contribution is -2.34. The zero-order valence-electron chi connectivity index (χ0n) is 12.5. The summed E-state index contributed by atoms with van der Waals surface area (Å²) in [5, 5.41) is 13.2. The highest BCUT2D eigenvalue weighted by molar-refractivity contribution is 5.17. The fraction of sp³-hybridized carbons (Fsp3) is 1.00. The Morgan fingerprint density at radius 1 is 1.11 bits per heavy atom. The number of aliphatic hydroxyl groups is 1. The van der Waals surface area contributed by atoms with Crippen molar-refractivity contribution in [2.45, 2.75) is 46.8 Å². The molecule has 0 radical (unpaired) electrons. The van der Waals surface area contributed by atoms with Crippen LogP contribution in [0.2, 0.25) is 0 Å². The lowest BCUT2D eigenvalue weighted by atomic mass is 10.0. The van der Waals surface area contributed by atoms with Gasteiger partial charge in [-0.25, -0.2) is 0 Å². The Morgan fingerprint density at radius 2 is 1.67 bits per heavy atom. The monoisotopic (exact) mass is 259 g/mol. The predicted molar refractivity (Wildman–Crippen MR) is 72.7 cm³/mol. The Kier molecular flexibility index (Phi) is 5.59. The molecule has 4 nitrogen and oxygen atoms in total. The van der Waals surface area contributed by atoms with Crippen molar-refractivity contribution in [2.24, 2.45) is 10.8 Å². The summed E-state index contributed by atoms with van der Waals surface area (Å²) < 4.78 is 10.5. The predicted octanol–water partition coefficient (Wildman–Crippen LogP) is 1.42. The molecule has 0 aliphatic heterocycles. The molecule has 1 aliphatic carbocycles. The molecule has 0 spiro atoms. The van der Waals surface area contributed by atoms with Gasteiger partial charge in [0, 0.05) is 19.2 Å². The summed E-state index contributed by atoms with van der Waals surface area (Å²) in [5.74, 6) is 0. The zero-order valence-corrected chi connectivity index (χ0v) is 12.5. The molecule has 0 amide bonds. The van der Waals surface area contributed by atoms with Crippen LogP contribution in [-0.4, -0.2) is 50.2 Å². The number of rotatable bonds is 9. The third-order valence-electron chi connectivity index (χ3n) is 4.46. The summed E-state index contributed by atoms with van der Waals surface area (Å²) in [5.41, 5.74) is 0.616. The topological polar surface area (TPSA) is 50.7 Å². The van der Waals surface area contributed by atoms with E-state index in [1.165, 1.54) is 0 Å². The van der Waals surface area contributed by atoms with Crippen LogP contribution in [0.3, 0.4) is 0 Å². The Bertz CT molecular complexity index is 239. The molecule has 0 aromatic heterocycles. The van der Waals surface area contributed by atoms with Crippen LogP contribution in [-0.2, 0) is 9.47 Å². The molecule has 1 rings (SSSR count). The molecular weight excluding hydrogens is 230 g/mol. The molecule has 0 bridgehead atoms. The standard InChI is InChI=1S/C14H29NO3/c1-6-17-7-8-18-10-11(16)9-15-12-13(2,3)14(12,4)5/h11-12,15-16H,6-10H2,1-5H3. The maximum absolute atomic E-state index is 9.79. The number of ether oxygens (including phenoxy) is 2. The zero-order chi connectivity index (χ0) is 13.8. The van der Waals surface area contributed by atoms with Crippen LogP contribution in [0.15, 0.2) is 0 Å². The van der Waals surface area contributed by atoms with Crippen molar-refractivity contribution in [1.29, 1.82) is 0 Å². The van der Waals surface area contributed by atoms with Gasteiger partial charge < -0.3 is 19.9 Å². The van der Waals surface area contributed by atoms with Gasteiger partial charge in [0.05, 0.1) is 25.9 Å². The van der Waals surface area contributed by atoms with Crippen LogP contribution in [0.25, 0.3) is 0 Å². The largest absolute Gasteiger partial charge is 0.389 e. The van der Waals surface area contributed by atoms with Gasteiger partial charge in [-0.1, -0.05) is 27.7 Å². The van der Waals surface area contributed by atoms with Gasteiger partial charge in [-0.05, 0) is 17.8 Å². The van der Waals surface area contributed by atoms with Gasteiger partial charge in [-0.3, -0.25) is 0 Å². The molecule has 108 valence electrons. The molecule has 0 saturated heterocycles. The normalized spacial score (nSPS) is 23.0. The minimum absolute atomic E-state index is 0.308. The summed E-state index contributed by atoms with van der Waals surface area (Å²) in [6.45, 7) is 13.8. The molecule has 0 aromatic rings. The van der Waals surface area contributed by atoms with Crippen LogP contribution in [0, 0.1) is 10.8 Å². The fourth-order valence-corrected chi connectivity index (χ4v) is 2.50. The molecule has 0 aromatic carbocycles. The number of hydrogen-bond acceptors (Lipinski definition) is 4. The lowest BCUT2D eigenvalue weighted by molar-refractivity contribution is 0.00610. The smallest absolute Gasteiger partial charge is 0.0897 e. The lowest BCUT2D eigenvalue weighted by Gasteiger charge is -2.13. The minimum Gasteiger partial charge on any atom is -0.389 e. The average Bonchev–Trinajstić information content (AvgIpc) is 2.66. The molecule has 1 unspecified atom stereocenters. The quantitative estimate of drug-likeness (QED) is 0.615. The van der Waals surface area contributed by atoms with Crippen molar-refractivity contribution in [3.63, 3.8) is 0 Å². The van der Waals surface area contributed by atoms with E-state index in [2.05, 4.69) is 33.0 Å². The highest BCUT2D eigenvalue weighted by Crippen LogP contribution is 2.62. The molecule has 0 heterocycles. The summed E-state index contributed by atoms with van der Waals surface area (Å²) in [4.78, 5) is 0. The summed E-state index contributed by atoms with van der Waals surface area (Å²) in [6.07, 6.45) is -0.446. The second-order valence-electron chi connectivity index (χ2n) is 6.21. The van der Waals surface area contributed by atoms with Crippen LogP contribution in [0.4, 0.5) is 0 Å². The van der Waals surface area contributed by atoms with Gasteiger partial charge in [0.2, 0.25) is 0 Å². The molecular formula is C14H29NO3. The van der Waals surface area contributed by atoms with Gasteiger partial charge in [0.25, 0.3) is 0 Å². The number of aliphatic hydroxyl groups excluding tert-OH is 1. The molecule has 1 fully saturated rings. The molecule has 1 saturated carbocycles. The average molecular weight is 259 g/mol. The van der Waals surface area contributed by atoms with E-state index >= 15 is 0 Å². The van der Waals surface area contributed by atoms with Gasteiger partial charge in [0.15, 0.2) is 0 Å². The van der Waals surface area contributed by atoms with Crippen molar-refractivity contribution < 1.29 is 14.6 Å². The third-order valence-corrected chi connectivity index (χ3v) is 4.46. The fourth-order valence-electron chi connectivity index (χ4n) is 2.50. The molecule has 1 aliphatic rings. The van der Waals surface area contributed by atoms with E-state index in [1.807, 2.05) is 6.92 Å². The Balaban J connectivity index is 2.06. The van der Waals surface area contributed by atoms with Gasteiger partial charge in [-0.15, -0.1) is 0 Å². The molecule has 2 N–H and O–H groups in total. The van der Waals surface area contributed by atoms with E-state index in [4.69, 9.17) is 9.47 Å². The summed E-state index contributed by atoms with van der Waals surface area (Å²) in [6, 6.07) is 0.475. The van der Waals surface area contributed by atoms with Gasteiger partial charge in [-0.2, -0.15) is 0 Å². The van der Waals surface area contributed by atoms with Gasteiger partial charge in [0.1, 0.15) is 0 Å². The SMILES string of the molecule is CCOCCOCC(O)CNC1C(C)(C)C1(C)C. The first-order valence-corrected chi connectivity index (χ1v) is 6.91. The minimum atomic E-state index is -0.446. The Labute approximate surface area is 111 Å². The van der Waals surface area contributed by atoms with E-state index in [0.29, 0.717) is 49.8 Å². The number of nitrogens with one attached hydrogen (secondary N) is 1. The second kappa shape index (κ2) is 6.33. The van der Waals surface area contributed by atoms with E-state index in [-0.39, 0.29) is 0 Å². The van der Waals surface area contributed by atoms with Crippen LogP contribution in [0.5, 0.6) is 0 Å². The van der Waals surface area contributed by atoms with Crippen LogP contribution < -0.4 is 5.32 Å². The summed E-state index contributed by atoms with van der Waals surface area (Å²) in [7, 11) is 0. The first kappa shape index (κ1) is 15.9. The van der Waals surface area contributed by atoms with E-state index in [9.17, 15) is 5.11 Å². The van der Waals surface area contributed by atoms with E-state index in [0.717, 1.165) is 0 Å². The molecule has 18 heavy (non-hydrogen) atoms. The van der Waals surface area contributed by atoms with Crippen LogP contribution in [0.1, 0.15) is 34.6 Å². The maximum atomic E-state index is 9.79. The highest BCUT2D eigenvalue weighted by Gasteiger charge is 2.64. The Hall–Kier alpha value is -0.160. The van der Waals surface area contributed by atoms with E-state index < -0.39 is 6.10 Å². The van der Waals surface area contributed by atoms with Crippen molar-refractivity contribution in [3.05, 3.63) is 0 Å². The van der Waals surface area contributed by atoms with Crippen molar-refractivity contribution in [3.8, 4) is 0 Å². The van der Waals surface area contributed by atoms with Crippen molar-refractivity contribution in [1.82, 2.24) is 5.32 Å². The highest BCUT2D eigenvalue weighted by atomic mass is 16.5. The second-order valence-corrected chi connectivity index (χ2v) is 6.21. The molecule has 1 atom stereocenters. The first-order chi connectivity index (χ1) is 8.34. The third kappa shape index (κ3) is 3.67.